The minimum Gasteiger partial charge on any atom is -0.452 e. The maximum absolute atomic E-state index is 11.6. The lowest BCUT2D eigenvalue weighted by Gasteiger charge is -2.14. The van der Waals surface area contributed by atoms with Gasteiger partial charge < -0.3 is 4.74 Å². The van der Waals surface area contributed by atoms with Gasteiger partial charge in [-0.1, -0.05) is 39.5 Å². The van der Waals surface area contributed by atoms with Gasteiger partial charge in [-0.05, 0) is 55.5 Å². The van der Waals surface area contributed by atoms with E-state index in [1.165, 1.54) is 11.8 Å². The second-order valence-electron chi connectivity index (χ2n) is 5.82. The van der Waals surface area contributed by atoms with Crippen LogP contribution in [0.3, 0.4) is 0 Å². The lowest BCUT2D eigenvalue weighted by molar-refractivity contribution is -0.151. The third kappa shape index (κ3) is 5.35. The van der Waals surface area contributed by atoms with E-state index in [1.807, 2.05) is 24.3 Å². The van der Waals surface area contributed by atoms with Gasteiger partial charge in [0.1, 0.15) is 0 Å². The minimum absolute atomic E-state index is 0.0916. The molecular formula is C16H17BrN4O2S. The summed E-state index contributed by atoms with van der Waals surface area (Å²) in [4.78, 5) is 11.6. The van der Waals surface area contributed by atoms with E-state index < -0.39 is 5.41 Å². The topological polar surface area (TPSA) is 69.9 Å². The molecule has 0 N–H and O–H groups in total. The number of benzene rings is 1. The Morgan fingerprint density at radius 1 is 1.29 bits per heavy atom. The molecule has 2 rings (SSSR count). The van der Waals surface area contributed by atoms with Crippen molar-refractivity contribution < 1.29 is 9.53 Å². The zero-order valence-electron chi connectivity index (χ0n) is 13.6. The zero-order valence-corrected chi connectivity index (χ0v) is 16.0. The summed E-state index contributed by atoms with van der Waals surface area (Å²) < 4.78 is 7.72. The number of carbonyl (C=O) groups is 1. The van der Waals surface area contributed by atoms with E-state index in [9.17, 15) is 4.79 Å². The van der Waals surface area contributed by atoms with E-state index in [1.54, 1.807) is 25.5 Å². The first-order chi connectivity index (χ1) is 11.4. The average Bonchev–Trinajstić information content (AvgIpc) is 2.98. The monoisotopic (exact) mass is 408 g/mol. The minimum atomic E-state index is -0.511. The van der Waals surface area contributed by atoms with Crippen LogP contribution in [0.5, 0.6) is 0 Å². The number of esters is 1. The summed E-state index contributed by atoms with van der Waals surface area (Å²) in [5.74, 6) is 6.00. The van der Waals surface area contributed by atoms with Crippen LogP contribution in [0.25, 0.3) is 5.69 Å². The number of halogens is 1. The molecule has 0 bridgehead atoms. The molecule has 0 radical (unpaired) electrons. The molecule has 0 aliphatic rings. The number of aromatic nitrogens is 4. The van der Waals surface area contributed by atoms with Crippen LogP contribution in [-0.4, -0.2) is 38.5 Å². The van der Waals surface area contributed by atoms with Gasteiger partial charge in [-0.15, -0.1) is 5.10 Å². The van der Waals surface area contributed by atoms with Crippen LogP contribution in [0, 0.1) is 17.3 Å². The lowest BCUT2D eigenvalue weighted by Crippen LogP contribution is -2.22. The number of carbonyl (C=O) groups excluding carboxylic acids is 1. The number of thioether (sulfide) groups is 1. The molecule has 0 spiro atoms. The first-order valence-electron chi connectivity index (χ1n) is 7.18. The molecule has 0 amide bonds. The van der Waals surface area contributed by atoms with Gasteiger partial charge in [0, 0.05) is 4.47 Å². The van der Waals surface area contributed by atoms with E-state index in [4.69, 9.17) is 4.74 Å². The Kier molecular flexibility index (Phi) is 6.40. The fourth-order valence-electron chi connectivity index (χ4n) is 1.53. The second kappa shape index (κ2) is 8.31. The molecule has 0 unspecified atom stereocenters. The third-order valence-corrected chi connectivity index (χ3v) is 4.13. The Hall–Kier alpha value is -1.85. The van der Waals surface area contributed by atoms with E-state index >= 15 is 0 Å². The Balaban J connectivity index is 1.86. The van der Waals surface area contributed by atoms with Crippen molar-refractivity contribution in [3.63, 3.8) is 0 Å². The van der Waals surface area contributed by atoms with Crippen molar-refractivity contribution in [3.8, 4) is 17.5 Å². The molecule has 0 saturated heterocycles. The second-order valence-corrected chi connectivity index (χ2v) is 7.68. The molecule has 1 aromatic heterocycles. The molecule has 0 aliphatic carbocycles. The number of ether oxygens (including phenoxy) is 1. The van der Waals surface area contributed by atoms with Crippen LogP contribution < -0.4 is 0 Å². The molecule has 24 heavy (non-hydrogen) atoms. The number of hydrogen-bond acceptors (Lipinski definition) is 6. The van der Waals surface area contributed by atoms with Crippen molar-refractivity contribution in [1.29, 1.82) is 0 Å². The van der Waals surface area contributed by atoms with Gasteiger partial charge in [-0.3, -0.25) is 4.79 Å². The van der Waals surface area contributed by atoms with E-state index in [-0.39, 0.29) is 12.6 Å². The van der Waals surface area contributed by atoms with Crippen molar-refractivity contribution in [1.82, 2.24) is 20.2 Å². The molecular weight excluding hydrogens is 392 g/mol. The van der Waals surface area contributed by atoms with Crippen molar-refractivity contribution in [2.45, 2.75) is 25.9 Å². The highest BCUT2D eigenvalue weighted by atomic mass is 79.9. The fraction of sp³-hybridized carbons (Fsp3) is 0.375. The highest BCUT2D eigenvalue weighted by Crippen LogP contribution is 2.19. The first kappa shape index (κ1) is 18.5. The average molecular weight is 409 g/mol. The first-order valence-corrected chi connectivity index (χ1v) is 8.96. The van der Waals surface area contributed by atoms with Crippen LogP contribution in [0.2, 0.25) is 0 Å². The van der Waals surface area contributed by atoms with Gasteiger partial charge in [0.2, 0.25) is 5.16 Å². The van der Waals surface area contributed by atoms with Crippen molar-refractivity contribution in [2.24, 2.45) is 5.41 Å². The number of rotatable bonds is 4. The molecule has 0 saturated carbocycles. The Morgan fingerprint density at radius 3 is 2.67 bits per heavy atom. The predicted octanol–water partition coefficient (Wildman–Crippen LogP) is 3.11. The molecule has 2 aromatic rings. The summed E-state index contributed by atoms with van der Waals surface area (Å²) in [5.41, 5.74) is 0.362. The molecule has 8 heteroatoms. The predicted molar refractivity (Wildman–Crippen MR) is 95.8 cm³/mol. The summed E-state index contributed by atoms with van der Waals surface area (Å²) >= 11 is 4.81. The van der Waals surface area contributed by atoms with Gasteiger partial charge >= 0.3 is 5.97 Å². The number of hydrogen-bond donors (Lipinski definition) is 0. The summed E-state index contributed by atoms with van der Waals surface area (Å²) in [6.07, 6.45) is 0. The Morgan fingerprint density at radius 2 is 2.00 bits per heavy atom. The van der Waals surface area contributed by atoms with Gasteiger partial charge in [-0.2, -0.15) is 4.68 Å². The SMILES string of the molecule is CC(C)(C)C(=O)OCC#CCSc1nnnn1-c1ccc(Br)cc1. The summed E-state index contributed by atoms with van der Waals surface area (Å²) in [5, 5.41) is 12.3. The van der Waals surface area contributed by atoms with Crippen LogP contribution in [0.15, 0.2) is 33.9 Å². The lowest BCUT2D eigenvalue weighted by atomic mass is 9.97. The van der Waals surface area contributed by atoms with Crippen molar-refractivity contribution in [3.05, 3.63) is 28.7 Å². The maximum Gasteiger partial charge on any atom is 0.312 e. The van der Waals surface area contributed by atoms with Crippen molar-refractivity contribution in [2.75, 3.05) is 12.4 Å². The normalized spacial score (nSPS) is 10.8. The van der Waals surface area contributed by atoms with Gasteiger partial charge in [0.05, 0.1) is 16.9 Å². The van der Waals surface area contributed by atoms with Gasteiger partial charge in [0.25, 0.3) is 0 Å². The molecule has 6 nitrogen and oxygen atoms in total. The number of tetrazole rings is 1. The largest absolute Gasteiger partial charge is 0.452 e. The maximum atomic E-state index is 11.6. The van der Waals surface area contributed by atoms with Gasteiger partial charge in [0.15, 0.2) is 6.61 Å². The zero-order chi connectivity index (χ0) is 17.6. The van der Waals surface area contributed by atoms with E-state index in [2.05, 4.69) is 43.3 Å². The Labute approximate surface area is 153 Å². The van der Waals surface area contributed by atoms with Crippen LogP contribution >= 0.6 is 27.7 Å². The van der Waals surface area contributed by atoms with Crippen LogP contribution in [-0.2, 0) is 9.53 Å². The van der Waals surface area contributed by atoms with Crippen molar-refractivity contribution >= 4 is 33.7 Å². The van der Waals surface area contributed by atoms with E-state index in [0.29, 0.717) is 10.9 Å². The smallest absolute Gasteiger partial charge is 0.312 e. The molecule has 0 aliphatic heterocycles. The van der Waals surface area contributed by atoms with Crippen LogP contribution in [0.1, 0.15) is 20.8 Å². The highest BCUT2D eigenvalue weighted by Gasteiger charge is 2.22. The fourth-order valence-corrected chi connectivity index (χ4v) is 2.46. The number of nitrogens with zero attached hydrogens (tertiary/aromatic N) is 4. The molecule has 1 heterocycles. The summed E-state index contributed by atoms with van der Waals surface area (Å²) in [7, 11) is 0. The molecule has 0 fully saturated rings. The standard InChI is InChI=1S/C16H17BrN4O2S/c1-16(2,3)14(22)23-10-4-5-11-24-15-18-19-20-21(15)13-8-6-12(17)7-9-13/h6-9H,10-11H2,1-3H3. The summed E-state index contributed by atoms with van der Waals surface area (Å²) in [6.45, 7) is 5.51. The quantitative estimate of drug-likeness (QED) is 0.439. The molecule has 0 atom stereocenters. The van der Waals surface area contributed by atoms with Gasteiger partial charge in [-0.25, -0.2) is 0 Å². The molecule has 126 valence electrons. The molecule has 1 aromatic carbocycles. The van der Waals surface area contributed by atoms with E-state index in [0.717, 1.165) is 10.2 Å². The highest BCUT2D eigenvalue weighted by molar-refractivity contribution is 9.10. The van der Waals surface area contributed by atoms with Crippen LogP contribution in [0.4, 0.5) is 0 Å². The third-order valence-electron chi connectivity index (χ3n) is 2.80. The Bertz CT molecular complexity index is 757. The summed E-state index contributed by atoms with van der Waals surface area (Å²) in [6, 6.07) is 7.69.